The third kappa shape index (κ3) is 5.39. The Morgan fingerprint density at radius 2 is 1.86 bits per heavy atom. The molecule has 0 aliphatic carbocycles. The van der Waals surface area contributed by atoms with E-state index in [1.165, 1.54) is 0 Å². The molecule has 7 heteroatoms. The summed E-state index contributed by atoms with van der Waals surface area (Å²) in [5, 5.41) is 8.89. The van der Waals surface area contributed by atoms with E-state index in [2.05, 4.69) is 25.9 Å². The number of aromatic nitrogens is 1. The van der Waals surface area contributed by atoms with E-state index in [1.54, 1.807) is 11.3 Å². The summed E-state index contributed by atoms with van der Waals surface area (Å²) < 4.78 is 0. The van der Waals surface area contributed by atoms with Crippen molar-refractivity contribution in [2.24, 2.45) is 5.92 Å². The average molecular weight is 401 g/mol. The monoisotopic (exact) mass is 400 g/mol. The lowest BCUT2D eigenvalue weighted by Crippen LogP contribution is -2.42. The lowest BCUT2D eigenvalue weighted by molar-refractivity contribution is -0.128. The van der Waals surface area contributed by atoms with Crippen LogP contribution in [-0.4, -0.2) is 41.3 Å². The Morgan fingerprint density at radius 1 is 1.18 bits per heavy atom. The molecule has 0 unspecified atom stereocenters. The second-order valence-corrected chi connectivity index (χ2v) is 8.50. The molecule has 0 spiro atoms. The first-order valence-electron chi connectivity index (χ1n) is 9.69. The van der Waals surface area contributed by atoms with Gasteiger partial charge in [-0.1, -0.05) is 18.2 Å². The van der Waals surface area contributed by atoms with Gasteiger partial charge in [0.2, 0.25) is 11.8 Å². The normalized spacial score (nSPS) is 15.4. The maximum Gasteiger partial charge on any atom is 0.243 e. The summed E-state index contributed by atoms with van der Waals surface area (Å²) in [5.41, 5.74) is 3.96. The van der Waals surface area contributed by atoms with Crippen LogP contribution in [0, 0.1) is 26.7 Å². The number of piperidine rings is 1. The number of rotatable bonds is 6. The summed E-state index contributed by atoms with van der Waals surface area (Å²) in [5.74, 6) is -0.246. The standard InChI is InChI=1S/C21H28N4O2S/c1-14-5-4-6-15(2)20(14)24-19(26)11-22-21(27)17-7-9-25(10-8-17)12-18-13-28-16(3)23-18/h4-6,13,17H,7-12H2,1-3H3,(H,22,27)(H,24,26). The van der Waals surface area contributed by atoms with Gasteiger partial charge in [0.25, 0.3) is 0 Å². The number of aryl methyl sites for hydroxylation is 3. The smallest absolute Gasteiger partial charge is 0.243 e. The maximum atomic E-state index is 12.4. The summed E-state index contributed by atoms with van der Waals surface area (Å²) >= 11 is 1.67. The first-order valence-corrected chi connectivity index (χ1v) is 10.6. The molecule has 2 amide bonds. The predicted molar refractivity (Wildman–Crippen MR) is 112 cm³/mol. The second kappa shape index (κ2) is 9.30. The van der Waals surface area contributed by atoms with Crippen molar-refractivity contribution in [2.75, 3.05) is 25.0 Å². The van der Waals surface area contributed by atoms with Gasteiger partial charge in [-0.3, -0.25) is 14.5 Å². The molecule has 3 rings (SSSR count). The fraction of sp³-hybridized carbons (Fsp3) is 0.476. The SMILES string of the molecule is Cc1nc(CN2CCC(C(=O)NCC(=O)Nc3c(C)cccc3C)CC2)cs1. The highest BCUT2D eigenvalue weighted by Gasteiger charge is 2.25. The molecule has 1 aliphatic heterocycles. The average Bonchev–Trinajstić information content (AvgIpc) is 3.08. The second-order valence-electron chi connectivity index (χ2n) is 7.44. The molecule has 6 nitrogen and oxygen atoms in total. The molecule has 150 valence electrons. The first-order chi connectivity index (χ1) is 13.4. The zero-order valence-corrected chi connectivity index (χ0v) is 17.6. The number of nitrogens with zero attached hydrogens (tertiary/aromatic N) is 2. The molecular weight excluding hydrogens is 372 g/mol. The predicted octanol–water partition coefficient (Wildman–Crippen LogP) is 3.04. The summed E-state index contributed by atoms with van der Waals surface area (Å²) in [6, 6.07) is 5.88. The van der Waals surface area contributed by atoms with Gasteiger partial charge in [-0.25, -0.2) is 4.98 Å². The molecule has 1 aromatic carbocycles. The summed E-state index contributed by atoms with van der Waals surface area (Å²) in [6.07, 6.45) is 1.63. The largest absolute Gasteiger partial charge is 0.347 e. The molecule has 0 atom stereocenters. The number of benzene rings is 1. The Hall–Kier alpha value is -2.25. The number of thiazole rings is 1. The van der Waals surface area contributed by atoms with Gasteiger partial charge in [0.05, 0.1) is 17.2 Å². The molecule has 2 N–H and O–H groups in total. The molecule has 1 saturated heterocycles. The van der Waals surface area contributed by atoms with Gasteiger partial charge in [-0.05, 0) is 57.8 Å². The van der Waals surface area contributed by atoms with Crippen molar-refractivity contribution in [1.29, 1.82) is 0 Å². The van der Waals surface area contributed by atoms with Gasteiger partial charge < -0.3 is 10.6 Å². The van der Waals surface area contributed by atoms with Crippen molar-refractivity contribution >= 4 is 28.8 Å². The van der Waals surface area contributed by atoms with Crippen LogP contribution >= 0.6 is 11.3 Å². The van der Waals surface area contributed by atoms with Crippen LogP contribution in [0.15, 0.2) is 23.6 Å². The molecule has 0 radical (unpaired) electrons. The highest BCUT2D eigenvalue weighted by Crippen LogP contribution is 2.21. The zero-order valence-electron chi connectivity index (χ0n) is 16.7. The van der Waals surface area contributed by atoms with Gasteiger partial charge in [-0.15, -0.1) is 11.3 Å². The Bertz CT molecular complexity index is 820. The quantitative estimate of drug-likeness (QED) is 0.782. The Balaban J connectivity index is 1.41. The van der Waals surface area contributed by atoms with E-state index in [0.29, 0.717) is 0 Å². The third-order valence-corrected chi connectivity index (χ3v) is 6.00. The van der Waals surface area contributed by atoms with Gasteiger partial charge in [0, 0.05) is 23.5 Å². The van der Waals surface area contributed by atoms with E-state index < -0.39 is 0 Å². The third-order valence-electron chi connectivity index (χ3n) is 5.18. The van der Waals surface area contributed by atoms with Crippen molar-refractivity contribution < 1.29 is 9.59 Å². The van der Waals surface area contributed by atoms with Crippen LogP contribution in [0.3, 0.4) is 0 Å². The number of para-hydroxylation sites is 1. The van der Waals surface area contributed by atoms with Crippen molar-refractivity contribution in [3.05, 3.63) is 45.4 Å². The molecule has 1 fully saturated rings. The van der Waals surface area contributed by atoms with E-state index in [9.17, 15) is 9.59 Å². The fourth-order valence-corrected chi connectivity index (χ4v) is 4.17. The number of nitrogens with one attached hydrogen (secondary N) is 2. The summed E-state index contributed by atoms with van der Waals surface area (Å²) in [4.78, 5) is 31.5. The topological polar surface area (TPSA) is 74.3 Å². The number of carbonyl (C=O) groups excluding carboxylic acids is 2. The number of likely N-dealkylation sites (tertiary alicyclic amines) is 1. The van der Waals surface area contributed by atoms with Crippen molar-refractivity contribution in [3.63, 3.8) is 0 Å². The lowest BCUT2D eigenvalue weighted by Gasteiger charge is -2.30. The molecule has 2 aromatic rings. The van der Waals surface area contributed by atoms with Gasteiger partial charge >= 0.3 is 0 Å². The highest BCUT2D eigenvalue weighted by atomic mass is 32.1. The molecule has 0 saturated carbocycles. The van der Waals surface area contributed by atoms with Crippen LogP contribution in [0.4, 0.5) is 5.69 Å². The fourth-order valence-electron chi connectivity index (χ4n) is 3.57. The van der Waals surface area contributed by atoms with Crippen LogP contribution in [-0.2, 0) is 16.1 Å². The van der Waals surface area contributed by atoms with Crippen LogP contribution in [0.5, 0.6) is 0 Å². The van der Waals surface area contributed by atoms with Gasteiger partial charge in [-0.2, -0.15) is 0 Å². The molecule has 1 aromatic heterocycles. The minimum Gasteiger partial charge on any atom is -0.347 e. The van der Waals surface area contributed by atoms with Crippen molar-refractivity contribution in [3.8, 4) is 0 Å². The van der Waals surface area contributed by atoms with Crippen molar-refractivity contribution in [1.82, 2.24) is 15.2 Å². The van der Waals surface area contributed by atoms with E-state index >= 15 is 0 Å². The maximum absolute atomic E-state index is 12.4. The van der Waals surface area contributed by atoms with Gasteiger partial charge in [0.1, 0.15) is 0 Å². The number of hydrogen-bond donors (Lipinski definition) is 2. The summed E-state index contributed by atoms with van der Waals surface area (Å²) in [7, 11) is 0. The Morgan fingerprint density at radius 3 is 2.46 bits per heavy atom. The summed E-state index contributed by atoms with van der Waals surface area (Å²) in [6.45, 7) is 8.54. The molecule has 28 heavy (non-hydrogen) atoms. The van der Waals surface area contributed by atoms with Crippen LogP contribution in [0.1, 0.15) is 34.7 Å². The Labute approximate surface area is 170 Å². The number of amides is 2. The number of carbonyl (C=O) groups is 2. The van der Waals surface area contributed by atoms with E-state index in [-0.39, 0.29) is 24.3 Å². The van der Waals surface area contributed by atoms with E-state index in [4.69, 9.17) is 0 Å². The molecule has 1 aliphatic rings. The number of anilines is 1. The van der Waals surface area contributed by atoms with Crippen LogP contribution < -0.4 is 10.6 Å². The van der Waals surface area contributed by atoms with Crippen molar-refractivity contribution in [2.45, 2.75) is 40.2 Å². The minimum absolute atomic E-state index is 0.00488. The lowest BCUT2D eigenvalue weighted by atomic mass is 9.96. The molecule has 0 bridgehead atoms. The highest BCUT2D eigenvalue weighted by molar-refractivity contribution is 7.09. The zero-order chi connectivity index (χ0) is 20.1. The van der Waals surface area contributed by atoms with Crippen LogP contribution in [0.2, 0.25) is 0 Å². The molecular formula is C21H28N4O2S. The van der Waals surface area contributed by atoms with Gasteiger partial charge in [0.15, 0.2) is 0 Å². The number of hydrogen-bond acceptors (Lipinski definition) is 5. The molecule has 2 heterocycles. The van der Waals surface area contributed by atoms with E-state index in [1.807, 2.05) is 39.0 Å². The Kier molecular flexibility index (Phi) is 6.80. The first kappa shape index (κ1) is 20.5. The van der Waals surface area contributed by atoms with E-state index in [0.717, 1.165) is 60.0 Å². The van der Waals surface area contributed by atoms with Crippen LogP contribution in [0.25, 0.3) is 0 Å². The minimum atomic E-state index is -0.193.